The second-order valence-electron chi connectivity index (χ2n) is 6.45. The first-order chi connectivity index (χ1) is 13.6. The van der Waals surface area contributed by atoms with Gasteiger partial charge < -0.3 is 16.0 Å². The van der Waals surface area contributed by atoms with Crippen LogP contribution >= 0.6 is 23.4 Å². The Morgan fingerprint density at radius 1 is 1.17 bits per heavy atom. The van der Waals surface area contributed by atoms with Crippen LogP contribution in [0.4, 0.5) is 0 Å². The predicted molar refractivity (Wildman–Crippen MR) is 114 cm³/mol. The monoisotopic (exact) mass is 430 g/mol. The van der Waals surface area contributed by atoms with Gasteiger partial charge in [0.05, 0.1) is 29.7 Å². The molecule has 1 aliphatic rings. The third-order valence-electron chi connectivity index (χ3n) is 4.56. The van der Waals surface area contributed by atoms with Crippen LogP contribution in [0.5, 0.6) is 5.88 Å². The molecule has 1 aromatic heterocycles. The number of nitrogens with zero attached hydrogens (tertiary/aromatic N) is 1. The number of nitrogens with one attached hydrogen (secondary N) is 1. The number of ether oxygens (including phenoxy) is 1. The average Bonchev–Trinajstić information content (AvgIpc) is 2.98. The van der Waals surface area contributed by atoms with Gasteiger partial charge in [0.25, 0.3) is 5.56 Å². The summed E-state index contributed by atoms with van der Waals surface area (Å²) in [7, 11) is 0. The number of aromatic amines is 1. The number of halogens is 1. The topological polar surface area (TPSA) is 105 Å². The van der Waals surface area contributed by atoms with E-state index in [0.29, 0.717) is 23.1 Å². The minimum atomic E-state index is -0.404. The van der Waals surface area contributed by atoms with E-state index in [-0.39, 0.29) is 16.9 Å². The van der Waals surface area contributed by atoms with E-state index in [1.54, 1.807) is 18.2 Å². The molecular formula is C21H21ClN3O3S-. The van der Waals surface area contributed by atoms with Crippen LogP contribution in [0.2, 0.25) is 5.02 Å². The van der Waals surface area contributed by atoms with Crippen molar-refractivity contribution in [3.63, 3.8) is 0 Å². The maximum absolute atomic E-state index is 12.7. The number of benzene rings is 2. The summed E-state index contributed by atoms with van der Waals surface area (Å²) in [4.78, 5) is 13.1. The van der Waals surface area contributed by atoms with Crippen molar-refractivity contribution in [3.05, 3.63) is 81.1 Å². The van der Waals surface area contributed by atoms with Crippen molar-refractivity contribution < 1.29 is 9.84 Å². The van der Waals surface area contributed by atoms with Crippen LogP contribution in [-0.2, 0) is 11.3 Å². The number of aromatic nitrogens is 2. The number of H-pyrrole nitrogens is 1. The van der Waals surface area contributed by atoms with E-state index >= 15 is 0 Å². The Morgan fingerprint density at radius 3 is 2.62 bits per heavy atom. The van der Waals surface area contributed by atoms with Crippen molar-refractivity contribution >= 4 is 28.9 Å². The van der Waals surface area contributed by atoms with E-state index in [9.17, 15) is 9.90 Å². The Kier molecular flexibility index (Phi) is 6.87. The molecule has 8 heteroatoms. The first-order valence-electron chi connectivity index (χ1n) is 8.90. The van der Waals surface area contributed by atoms with Crippen LogP contribution in [-0.4, -0.2) is 23.0 Å². The molecule has 2 heterocycles. The minimum Gasteiger partial charge on any atom is -0.858 e. The van der Waals surface area contributed by atoms with Gasteiger partial charge in [0.2, 0.25) is 0 Å². The van der Waals surface area contributed by atoms with Gasteiger partial charge in [-0.25, -0.2) is 0 Å². The summed E-state index contributed by atoms with van der Waals surface area (Å²) in [5.74, 6) is -0.342. The molecule has 0 saturated carbocycles. The van der Waals surface area contributed by atoms with Gasteiger partial charge in [-0.3, -0.25) is 14.6 Å². The Morgan fingerprint density at radius 2 is 1.93 bits per heavy atom. The molecule has 4 rings (SSSR count). The molecule has 29 heavy (non-hydrogen) atoms. The Hall–Kier alpha value is -2.45. The summed E-state index contributed by atoms with van der Waals surface area (Å²) in [6.45, 7) is 1.69. The van der Waals surface area contributed by atoms with Crippen LogP contribution in [0.25, 0.3) is 5.57 Å². The average molecular weight is 431 g/mol. The molecule has 152 valence electrons. The Bertz CT molecular complexity index is 1070. The molecule has 1 aliphatic heterocycles. The lowest BCUT2D eigenvalue weighted by molar-refractivity contribution is -0.283. The summed E-state index contributed by atoms with van der Waals surface area (Å²) in [6, 6.07) is 15.2. The van der Waals surface area contributed by atoms with Crippen molar-refractivity contribution in [1.29, 1.82) is 0 Å². The summed E-state index contributed by atoms with van der Waals surface area (Å²) in [5.41, 5.74) is 2.97. The number of hydrogen-bond acceptors (Lipinski definition) is 5. The number of rotatable bonds is 5. The minimum absolute atomic E-state index is 0. The summed E-state index contributed by atoms with van der Waals surface area (Å²) >= 11 is 7.23. The molecule has 0 unspecified atom stereocenters. The molecule has 3 aromatic rings. The number of hydrogen-bond donors (Lipinski definition) is 2. The quantitative estimate of drug-likeness (QED) is 0.634. The molecule has 0 fully saturated rings. The van der Waals surface area contributed by atoms with Crippen LogP contribution in [0.3, 0.4) is 0 Å². The zero-order valence-electron chi connectivity index (χ0n) is 15.7. The summed E-state index contributed by atoms with van der Waals surface area (Å²) in [5, 5.41) is 15.8. The Labute approximate surface area is 177 Å². The van der Waals surface area contributed by atoms with Gasteiger partial charge in [-0.2, -0.15) is 0 Å². The van der Waals surface area contributed by atoms with Gasteiger partial charge in [0, 0.05) is 10.8 Å². The predicted octanol–water partition coefficient (Wildman–Crippen LogP) is 4.07. The lowest BCUT2D eigenvalue weighted by atomic mass is 10.0. The van der Waals surface area contributed by atoms with E-state index in [1.807, 2.05) is 30.3 Å². The summed E-state index contributed by atoms with van der Waals surface area (Å²) in [6.07, 6.45) is 2.99. The van der Waals surface area contributed by atoms with Gasteiger partial charge >= 0.3 is 0 Å². The van der Waals surface area contributed by atoms with Crippen LogP contribution in [0.15, 0.2) is 69.2 Å². The van der Waals surface area contributed by atoms with Gasteiger partial charge in [-0.1, -0.05) is 65.8 Å². The van der Waals surface area contributed by atoms with Gasteiger partial charge in [-0.15, -0.1) is 0 Å². The van der Waals surface area contributed by atoms with Crippen LogP contribution < -0.4 is 16.8 Å². The van der Waals surface area contributed by atoms with Crippen molar-refractivity contribution in [2.24, 2.45) is 0 Å². The largest absolute Gasteiger partial charge is 0.858 e. The molecule has 6 nitrogen and oxygen atoms in total. The fraction of sp³-hybridized carbons (Fsp3) is 0.190. The normalized spacial score (nSPS) is 13.6. The highest BCUT2D eigenvalue weighted by molar-refractivity contribution is 7.99. The fourth-order valence-electron chi connectivity index (χ4n) is 3.08. The molecular weight excluding hydrogens is 410 g/mol. The smallest absolute Gasteiger partial charge is 0.277 e. The highest BCUT2D eigenvalue weighted by Crippen LogP contribution is 2.34. The summed E-state index contributed by atoms with van der Waals surface area (Å²) < 4.78 is 6.68. The van der Waals surface area contributed by atoms with Crippen LogP contribution in [0, 0.1) is 0 Å². The molecule has 0 atom stereocenters. The van der Waals surface area contributed by atoms with E-state index in [0.717, 1.165) is 35.9 Å². The van der Waals surface area contributed by atoms with E-state index in [4.69, 9.17) is 16.3 Å². The molecule has 2 aromatic carbocycles. The first kappa shape index (κ1) is 21.3. The van der Waals surface area contributed by atoms with Crippen molar-refractivity contribution in [2.45, 2.75) is 22.8 Å². The van der Waals surface area contributed by atoms with E-state index in [2.05, 4.69) is 11.2 Å². The Balaban J connectivity index is 0.00000240. The van der Waals surface area contributed by atoms with Crippen molar-refractivity contribution in [3.8, 4) is 5.88 Å². The molecule has 0 bridgehead atoms. The van der Waals surface area contributed by atoms with Gasteiger partial charge in [-0.05, 0) is 35.3 Å². The second-order valence-corrected chi connectivity index (χ2v) is 7.90. The van der Waals surface area contributed by atoms with Gasteiger partial charge in [0.1, 0.15) is 0 Å². The van der Waals surface area contributed by atoms with E-state index < -0.39 is 5.56 Å². The third kappa shape index (κ3) is 4.76. The fourth-order valence-corrected chi connectivity index (χ4v) is 4.20. The third-order valence-corrected chi connectivity index (χ3v) is 6.14. The molecule has 0 aliphatic carbocycles. The molecule has 0 radical (unpaired) electrons. The van der Waals surface area contributed by atoms with Crippen molar-refractivity contribution in [1.82, 2.24) is 15.9 Å². The molecule has 4 N–H and O–H groups in total. The highest BCUT2D eigenvalue weighted by Gasteiger charge is 2.12. The van der Waals surface area contributed by atoms with Gasteiger partial charge in [0.15, 0.2) is 0 Å². The van der Waals surface area contributed by atoms with Crippen LogP contribution in [0.1, 0.15) is 17.5 Å². The highest BCUT2D eigenvalue weighted by atomic mass is 35.5. The maximum Gasteiger partial charge on any atom is 0.277 e. The van der Waals surface area contributed by atoms with E-state index in [1.165, 1.54) is 10.3 Å². The molecule has 0 amide bonds. The second kappa shape index (κ2) is 9.37. The zero-order valence-corrected chi connectivity index (χ0v) is 17.3. The van der Waals surface area contributed by atoms with Crippen molar-refractivity contribution in [2.75, 3.05) is 13.2 Å². The maximum atomic E-state index is 12.7. The molecule has 0 spiro atoms. The SMILES string of the molecule is N.O=c1[nH]n(Cc2ccc(C3=CCOCC3)cc2)c([O-])c1Sc1ccccc1Cl. The lowest BCUT2D eigenvalue weighted by Gasteiger charge is -2.15. The molecule has 0 saturated heterocycles. The first-order valence-corrected chi connectivity index (χ1v) is 10.1. The lowest BCUT2D eigenvalue weighted by Crippen LogP contribution is -2.09. The standard InChI is InChI=1S/C21H19ClN2O3S.H3N/c22-17-3-1-2-4-18(17)28-19-20(25)23-24(21(19)26)13-14-5-7-15(8-6-14)16-9-11-27-12-10-16;/h1-9,26H,10-13H2,(H,23,25);1H3/p-1. The zero-order chi connectivity index (χ0) is 19.5.